The smallest absolute Gasteiger partial charge is 0.318 e. The number of hydrogen-bond donors (Lipinski definition) is 2. The molecule has 0 heterocycles. The van der Waals surface area contributed by atoms with Gasteiger partial charge in [-0.25, -0.2) is 9.90 Å². The highest BCUT2D eigenvalue weighted by molar-refractivity contribution is 5.88. The van der Waals surface area contributed by atoms with E-state index in [9.17, 15) is 9.90 Å². The third kappa shape index (κ3) is 3.06. The molecule has 2 amide bonds. The van der Waals surface area contributed by atoms with E-state index < -0.39 is 0 Å². The van der Waals surface area contributed by atoms with E-state index in [1.165, 1.54) is 0 Å². The van der Waals surface area contributed by atoms with Crippen molar-refractivity contribution in [1.82, 2.24) is 5.32 Å². The van der Waals surface area contributed by atoms with E-state index in [0.717, 1.165) is 11.3 Å². The maximum atomic E-state index is 10.9. The molecule has 0 aromatic heterocycles. The van der Waals surface area contributed by atoms with Crippen LogP contribution in [0.1, 0.15) is 5.56 Å². The lowest BCUT2D eigenvalue weighted by Gasteiger charge is -2.04. The largest absolute Gasteiger partial charge is 0.341 e. The number of urea groups is 1. The topological polar surface area (TPSA) is 61.0 Å². The highest BCUT2D eigenvalue weighted by atomic mass is 16.2. The average Bonchev–Trinajstić information content (AvgIpc) is 2.21. The Morgan fingerprint density at radius 3 is 2.43 bits per heavy atom. The predicted octanol–water partition coefficient (Wildman–Crippen LogP) is 1.41. The lowest BCUT2D eigenvalue weighted by Crippen LogP contribution is -2.24. The zero-order valence-electron chi connectivity index (χ0n) is 8.04. The summed E-state index contributed by atoms with van der Waals surface area (Å²) in [5, 5.41) is 15.4. The summed E-state index contributed by atoms with van der Waals surface area (Å²) in [5.74, 6) is 0. The van der Waals surface area contributed by atoms with E-state index in [1.807, 2.05) is 12.1 Å². The van der Waals surface area contributed by atoms with Gasteiger partial charge < -0.3 is 10.6 Å². The van der Waals surface area contributed by atoms with Gasteiger partial charge in [-0.15, -0.1) is 0 Å². The summed E-state index contributed by atoms with van der Waals surface area (Å²) in [6, 6.07) is 6.98. The SMILES string of the molecule is CNC(=O)Nc1ccc(CC[O])cc1. The van der Waals surface area contributed by atoms with Gasteiger partial charge in [-0.3, -0.25) is 0 Å². The maximum Gasteiger partial charge on any atom is 0.318 e. The van der Waals surface area contributed by atoms with Crippen molar-refractivity contribution in [3.05, 3.63) is 29.8 Å². The Morgan fingerprint density at radius 2 is 1.93 bits per heavy atom. The molecule has 0 atom stereocenters. The van der Waals surface area contributed by atoms with Crippen molar-refractivity contribution in [2.75, 3.05) is 19.0 Å². The van der Waals surface area contributed by atoms with Crippen molar-refractivity contribution >= 4 is 11.7 Å². The monoisotopic (exact) mass is 193 g/mol. The highest BCUT2D eigenvalue weighted by Crippen LogP contribution is 2.09. The van der Waals surface area contributed by atoms with E-state index in [4.69, 9.17) is 0 Å². The molecule has 4 nitrogen and oxygen atoms in total. The van der Waals surface area contributed by atoms with Gasteiger partial charge >= 0.3 is 6.03 Å². The number of hydrogen-bond acceptors (Lipinski definition) is 1. The molecule has 0 bridgehead atoms. The van der Waals surface area contributed by atoms with Gasteiger partial charge in [-0.1, -0.05) is 12.1 Å². The molecule has 0 aliphatic carbocycles. The van der Waals surface area contributed by atoms with Crippen LogP contribution in [0.3, 0.4) is 0 Å². The van der Waals surface area contributed by atoms with Gasteiger partial charge in [0.2, 0.25) is 0 Å². The second kappa shape index (κ2) is 5.24. The summed E-state index contributed by atoms with van der Waals surface area (Å²) < 4.78 is 0. The van der Waals surface area contributed by atoms with Gasteiger partial charge in [0.15, 0.2) is 0 Å². The van der Waals surface area contributed by atoms with Gasteiger partial charge in [0, 0.05) is 12.7 Å². The Morgan fingerprint density at radius 1 is 1.29 bits per heavy atom. The van der Waals surface area contributed by atoms with Gasteiger partial charge in [0.25, 0.3) is 0 Å². The van der Waals surface area contributed by atoms with Crippen LogP contribution in [-0.2, 0) is 11.5 Å². The molecule has 0 saturated heterocycles. The molecule has 0 aliphatic heterocycles. The van der Waals surface area contributed by atoms with Crippen molar-refractivity contribution in [3.63, 3.8) is 0 Å². The Kier molecular flexibility index (Phi) is 3.94. The summed E-state index contributed by atoms with van der Waals surface area (Å²) in [5.41, 5.74) is 1.71. The van der Waals surface area contributed by atoms with Crippen LogP contribution in [-0.4, -0.2) is 19.7 Å². The molecule has 14 heavy (non-hydrogen) atoms. The molecule has 2 N–H and O–H groups in total. The lowest BCUT2D eigenvalue weighted by atomic mass is 10.1. The molecule has 1 radical (unpaired) electrons. The number of carbonyl (C=O) groups excluding carboxylic acids is 1. The van der Waals surface area contributed by atoms with Crippen molar-refractivity contribution < 1.29 is 9.90 Å². The molecule has 1 rings (SSSR count). The first-order chi connectivity index (χ1) is 6.76. The van der Waals surface area contributed by atoms with E-state index in [2.05, 4.69) is 10.6 Å². The second-order valence-corrected chi connectivity index (χ2v) is 2.86. The molecule has 0 aliphatic rings. The number of amides is 2. The van der Waals surface area contributed by atoms with E-state index in [0.29, 0.717) is 6.42 Å². The Balaban J connectivity index is 2.59. The van der Waals surface area contributed by atoms with Gasteiger partial charge in [-0.2, -0.15) is 0 Å². The quantitative estimate of drug-likeness (QED) is 0.749. The fourth-order valence-electron chi connectivity index (χ4n) is 1.07. The van der Waals surface area contributed by atoms with Crippen molar-refractivity contribution in [2.45, 2.75) is 6.42 Å². The molecule has 1 aromatic carbocycles. The number of nitrogens with one attached hydrogen (secondary N) is 2. The van der Waals surface area contributed by atoms with E-state index >= 15 is 0 Å². The van der Waals surface area contributed by atoms with Crippen molar-refractivity contribution in [3.8, 4) is 0 Å². The average molecular weight is 193 g/mol. The first-order valence-corrected chi connectivity index (χ1v) is 4.42. The first-order valence-electron chi connectivity index (χ1n) is 4.42. The Hall–Kier alpha value is -1.55. The summed E-state index contributed by atoms with van der Waals surface area (Å²) in [6.45, 7) is -0.109. The summed E-state index contributed by atoms with van der Waals surface area (Å²) in [4.78, 5) is 10.9. The Labute approximate surface area is 82.9 Å². The van der Waals surface area contributed by atoms with Crippen LogP contribution in [0.2, 0.25) is 0 Å². The van der Waals surface area contributed by atoms with Crippen LogP contribution in [0.15, 0.2) is 24.3 Å². The molecule has 0 unspecified atom stereocenters. The van der Waals surface area contributed by atoms with Crippen molar-refractivity contribution in [2.24, 2.45) is 0 Å². The third-order valence-electron chi connectivity index (χ3n) is 1.83. The number of benzene rings is 1. The van der Waals surface area contributed by atoms with Crippen LogP contribution in [0.25, 0.3) is 0 Å². The second-order valence-electron chi connectivity index (χ2n) is 2.86. The van der Waals surface area contributed by atoms with Gasteiger partial charge in [0.1, 0.15) is 0 Å². The lowest BCUT2D eigenvalue weighted by molar-refractivity contribution is 0.197. The summed E-state index contributed by atoms with van der Waals surface area (Å²) in [6.07, 6.45) is 0.528. The van der Waals surface area contributed by atoms with Gasteiger partial charge in [0.05, 0.1) is 6.61 Å². The predicted molar refractivity (Wildman–Crippen MR) is 53.8 cm³/mol. The maximum absolute atomic E-state index is 10.9. The standard InChI is InChI=1S/C10H13N2O2/c1-11-10(14)12-9-4-2-8(3-5-9)6-7-13/h2-5H,6-7H2,1H3,(H2,11,12,14). The highest BCUT2D eigenvalue weighted by Gasteiger charge is 1.98. The molecule has 0 fully saturated rings. The molecule has 0 saturated carbocycles. The first kappa shape index (κ1) is 10.5. The fraction of sp³-hybridized carbons (Fsp3) is 0.300. The van der Waals surface area contributed by atoms with Crippen LogP contribution in [0.5, 0.6) is 0 Å². The Bertz CT molecular complexity index is 295. The van der Waals surface area contributed by atoms with Gasteiger partial charge in [-0.05, 0) is 24.1 Å². The van der Waals surface area contributed by atoms with Crippen LogP contribution in [0.4, 0.5) is 10.5 Å². The van der Waals surface area contributed by atoms with E-state index in [-0.39, 0.29) is 12.6 Å². The minimum absolute atomic E-state index is 0.109. The molecular formula is C10H13N2O2. The van der Waals surface area contributed by atoms with Crippen LogP contribution in [0, 0.1) is 0 Å². The fourth-order valence-corrected chi connectivity index (χ4v) is 1.07. The summed E-state index contributed by atoms with van der Waals surface area (Å²) >= 11 is 0. The molecule has 0 spiro atoms. The minimum Gasteiger partial charge on any atom is -0.341 e. The summed E-state index contributed by atoms with van der Waals surface area (Å²) in [7, 11) is 1.56. The third-order valence-corrected chi connectivity index (χ3v) is 1.83. The minimum atomic E-state index is -0.249. The zero-order chi connectivity index (χ0) is 10.4. The molecule has 4 heteroatoms. The molecular weight excluding hydrogens is 180 g/mol. The van der Waals surface area contributed by atoms with Crippen LogP contribution >= 0.6 is 0 Å². The van der Waals surface area contributed by atoms with E-state index in [1.54, 1.807) is 19.2 Å². The molecule has 1 aromatic rings. The van der Waals surface area contributed by atoms with Crippen LogP contribution < -0.4 is 10.6 Å². The zero-order valence-corrected chi connectivity index (χ0v) is 8.04. The normalized spacial score (nSPS) is 9.57. The molecule has 75 valence electrons. The number of rotatable bonds is 3. The number of carbonyl (C=O) groups is 1. The van der Waals surface area contributed by atoms with Crippen molar-refractivity contribution in [1.29, 1.82) is 0 Å². The number of anilines is 1.